The first-order chi connectivity index (χ1) is 7.99. The number of rotatable bonds is 3. The van der Waals surface area contributed by atoms with Crippen LogP contribution >= 0.6 is 15.9 Å². The zero-order chi connectivity index (χ0) is 12.5. The lowest BCUT2D eigenvalue weighted by molar-refractivity contribution is 0.175. The van der Waals surface area contributed by atoms with Crippen LogP contribution in [-0.4, -0.2) is 14.5 Å². The Kier molecular flexibility index (Phi) is 3.90. The highest BCUT2D eigenvalue weighted by atomic mass is 79.9. The van der Waals surface area contributed by atoms with Crippen molar-refractivity contribution in [2.45, 2.75) is 37.2 Å². The van der Waals surface area contributed by atoms with Crippen LogP contribution in [0.3, 0.4) is 0 Å². The van der Waals surface area contributed by atoms with Gasteiger partial charge >= 0.3 is 0 Å². The minimum absolute atomic E-state index is 0.163. The maximum absolute atomic E-state index is 12.0. The summed E-state index contributed by atoms with van der Waals surface area (Å²) in [6, 6.07) is 6.51. The lowest BCUT2D eigenvalue weighted by Gasteiger charge is -2.15. The molecule has 3 nitrogen and oxygen atoms in total. The SMILES string of the molecule is C[C@H]1CCC[C@H]1OS(=O)(=O)c1ccc(Br)cc1. The molecule has 17 heavy (non-hydrogen) atoms. The van der Waals surface area contributed by atoms with Gasteiger partial charge in [0.25, 0.3) is 10.1 Å². The molecule has 0 unspecified atom stereocenters. The van der Waals surface area contributed by atoms with E-state index in [1.807, 2.05) is 6.92 Å². The summed E-state index contributed by atoms with van der Waals surface area (Å²) in [4.78, 5) is 0.222. The van der Waals surface area contributed by atoms with Gasteiger partial charge in [-0.15, -0.1) is 0 Å². The Labute approximate surface area is 110 Å². The lowest BCUT2D eigenvalue weighted by Crippen LogP contribution is -2.20. The smallest absolute Gasteiger partial charge is 0.263 e. The van der Waals surface area contributed by atoms with Crippen molar-refractivity contribution < 1.29 is 12.6 Å². The van der Waals surface area contributed by atoms with Crippen molar-refractivity contribution in [1.29, 1.82) is 0 Å². The van der Waals surface area contributed by atoms with E-state index >= 15 is 0 Å². The Morgan fingerprint density at radius 3 is 2.41 bits per heavy atom. The van der Waals surface area contributed by atoms with Gasteiger partial charge in [-0.2, -0.15) is 8.42 Å². The van der Waals surface area contributed by atoms with Gasteiger partial charge < -0.3 is 0 Å². The van der Waals surface area contributed by atoms with Crippen molar-refractivity contribution in [1.82, 2.24) is 0 Å². The highest BCUT2D eigenvalue weighted by Gasteiger charge is 2.29. The van der Waals surface area contributed by atoms with Gasteiger partial charge in [0.2, 0.25) is 0 Å². The maximum atomic E-state index is 12.0. The third kappa shape index (κ3) is 3.09. The highest BCUT2D eigenvalue weighted by molar-refractivity contribution is 9.10. The topological polar surface area (TPSA) is 43.4 Å². The monoisotopic (exact) mass is 318 g/mol. The van der Waals surface area contributed by atoms with Crippen molar-refractivity contribution in [2.75, 3.05) is 0 Å². The highest BCUT2D eigenvalue weighted by Crippen LogP contribution is 2.30. The van der Waals surface area contributed by atoms with Crippen LogP contribution in [0.4, 0.5) is 0 Å². The van der Waals surface area contributed by atoms with Gasteiger partial charge in [-0.05, 0) is 43.0 Å². The summed E-state index contributed by atoms with van der Waals surface area (Å²) in [7, 11) is -3.61. The van der Waals surface area contributed by atoms with E-state index in [2.05, 4.69) is 15.9 Å². The fourth-order valence-corrected chi connectivity index (χ4v) is 3.53. The van der Waals surface area contributed by atoms with E-state index in [4.69, 9.17) is 4.18 Å². The van der Waals surface area contributed by atoms with Crippen molar-refractivity contribution in [2.24, 2.45) is 5.92 Å². The molecule has 0 spiro atoms. The third-order valence-corrected chi connectivity index (χ3v) is 5.01. The summed E-state index contributed by atoms with van der Waals surface area (Å²) in [6.45, 7) is 2.04. The molecule has 94 valence electrons. The number of benzene rings is 1. The maximum Gasteiger partial charge on any atom is 0.297 e. The van der Waals surface area contributed by atoms with Crippen molar-refractivity contribution in [3.63, 3.8) is 0 Å². The minimum Gasteiger partial charge on any atom is -0.263 e. The zero-order valence-electron chi connectivity index (χ0n) is 9.60. The Morgan fingerprint density at radius 2 is 1.88 bits per heavy atom. The van der Waals surface area contributed by atoms with E-state index in [1.165, 1.54) is 0 Å². The molecule has 0 saturated heterocycles. The summed E-state index contributed by atoms with van der Waals surface area (Å²) >= 11 is 3.27. The molecule has 0 N–H and O–H groups in total. The molecular weight excluding hydrogens is 304 g/mol. The third-order valence-electron chi connectivity index (χ3n) is 3.14. The van der Waals surface area contributed by atoms with Crippen LogP contribution in [0.5, 0.6) is 0 Å². The molecule has 0 aliphatic heterocycles. The summed E-state index contributed by atoms with van der Waals surface area (Å²) < 4.78 is 30.2. The minimum atomic E-state index is -3.61. The molecule has 0 aromatic heterocycles. The summed E-state index contributed by atoms with van der Waals surface area (Å²) in [6.07, 6.45) is 2.75. The first-order valence-electron chi connectivity index (χ1n) is 5.68. The van der Waals surface area contributed by atoms with Gasteiger partial charge in [-0.25, -0.2) is 0 Å². The van der Waals surface area contributed by atoms with Crippen molar-refractivity contribution in [3.05, 3.63) is 28.7 Å². The van der Waals surface area contributed by atoms with Crippen molar-refractivity contribution >= 4 is 26.0 Å². The molecule has 0 amide bonds. The molecule has 0 heterocycles. The van der Waals surface area contributed by atoms with E-state index in [0.29, 0.717) is 5.92 Å². The molecule has 1 saturated carbocycles. The van der Waals surface area contributed by atoms with Crippen LogP contribution < -0.4 is 0 Å². The van der Waals surface area contributed by atoms with Gasteiger partial charge in [0.05, 0.1) is 11.0 Å². The predicted octanol–water partition coefficient (Wildman–Crippen LogP) is 3.34. The first-order valence-corrected chi connectivity index (χ1v) is 7.88. The second-order valence-electron chi connectivity index (χ2n) is 4.45. The molecular formula is C12H15BrO3S. The molecule has 1 fully saturated rings. The standard InChI is InChI=1S/C12H15BrO3S/c1-9-3-2-4-12(9)16-17(14,15)11-7-5-10(13)6-8-11/h5-9,12H,2-4H2,1H3/t9-,12+/m0/s1. The van der Waals surface area contributed by atoms with Crippen molar-refractivity contribution in [3.8, 4) is 0 Å². The lowest BCUT2D eigenvalue weighted by atomic mass is 10.1. The number of halogens is 1. The molecule has 2 atom stereocenters. The van der Waals surface area contributed by atoms with E-state index in [-0.39, 0.29) is 11.0 Å². The molecule has 1 aliphatic carbocycles. The number of hydrogen-bond donors (Lipinski definition) is 0. The quantitative estimate of drug-likeness (QED) is 0.803. The average Bonchev–Trinajstić information content (AvgIpc) is 2.64. The van der Waals surface area contributed by atoms with Gasteiger partial charge in [0.1, 0.15) is 0 Å². The van der Waals surface area contributed by atoms with Gasteiger partial charge in [-0.3, -0.25) is 4.18 Å². The molecule has 1 aromatic carbocycles. The van der Waals surface area contributed by atoms with E-state index in [9.17, 15) is 8.42 Å². The van der Waals surface area contributed by atoms with E-state index < -0.39 is 10.1 Å². The predicted molar refractivity (Wildman–Crippen MR) is 69.2 cm³/mol. The Hall–Kier alpha value is -0.390. The zero-order valence-corrected chi connectivity index (χ0v) is 12.0. The summed E-state index contributed by atoms with van der Waals surface area (Å²) in [5, 5.41) is 0. The molecule has 5 heteroatoms. The first kappa shape index (κ1) is 13.1. The fourth-order valence-electron chi connectivity index (χ4n) is 2.07. The van der Waals surface area contributed by atoms with Crippen LogP contribution in [0.25, 0.3) is 0 Å². The molecule has 0 bridgehead atoms. The second kappa shape index (κ2) is 5.08. The van der Waals surface area contributed by atoms with Gasteiger partial charge in [0.15, 0.2) is 0 Å². The van der Waals surface area contributed by atoms with E-state index in [0.717, 1.165) is 23.7 Å². The van der Waals surface area contributed by atoms with Gasteiger partial charge in [-0.1, -0.05) is 29.3 Å². The van der Waals surface area contributed by atoms with Crippen LogP contribution in [-0.2, 0) is 14.3 Å². The van der Waals surface area contributed by atoms with Crippen LogP contribution in [0, 0.1) is 5.92 Å². The van der Waals surface area contributed by atoms with Crippen LogP contribution in [0.15, 0.2) is 33.6 Å². The second-order valence-corrected chi connectivity index (χ2v) is 6.94. The Balaban J connectivity index is 2.16. The van der Waals surface area contributed by atoms with Crippen LogP contribution in [0.2, 0.25) is 0 Å². The largest absolute Gasteiger partial charge is 0.297 e. The molecule has 1 aliphatic rings. The summed E-state index contributed by atoms with van der Waals surface area (Å²) in [5.74, 6) is 0.320. The fraction of sp³-hybridized carbons (Fsp3) is 0.500. The van der Waals surface area contributed by atoms with Gasteiger partial charge in [0, 0.05) is 4.47 Å². The molecule has 1 aromatic rings. The van der Waals surface area contributed by atoms with E-state index in [1.54, 1.807) is 24.3 Å². The Bertz CT molecular complexity index is 481. The molecule has 2 rings (SSSR count). The normalized spacial score (nSPS) is 25.1. The number of hydrogen-bond acceptors (Lipinski definition) is 3. The average molecular weight is 319 g/mol. The molecule has 0 radical (unpaired) electrons. The Morgan fingerprint density at radius 1 is 1.24 bits per heavy atom. The van der Waals surface area contributed by atoms with Crippen LogP contribution in [0.1, 0.15) is 26.2 Å². The summed E-state index contributed by atoms with van der Waals surface area (Å²) in [5.41, 5.74) is 0.